The number of hydrogen-bond donors (Lipinski definition) is 1. The summed E-state index contributed by atoms with van der Waals surface area (Å²) in [5.41, 5.74) is 0.102. The van der Waals surface area contributed by atoms with Gasteiger partial charge in [0.15, 0.2) is 5.96 Å². The Balaban J connectivity index is 1.97. The first-order valence-corrected chi connectivity index (χ1v) is 10.4. The molecule has 30 heavy (non-hydrogen) atoms. The molecule has 1 heterocycles. The Morgan fingerprint density at radius 3 is 2.73 bits per heavy atom. The molecule has 0 bridgehead atoms. The fourth-order valence-electron chi connectivity index (χ4n) is 2.60. The maximum absolute atomic E-state index is 13.0. The molecular weight excluding hydrogens is 417 g/mol. The van der Waals surface area contributed by atoms with Crippen molar-refractivity contribution in [3.63, 3.8) is 0 Å². The van der Waals surface area contributed by atoms with Crippen LogP contribution in [0.5, 0.6) is 5.75 Å². The lowest BCUT2D eigenvalue weighted by molar-refractivity contribution is -0.138. The Kier molecular flexibility index (Phi) is 8.91. The molecule has 0 aliphatic rings. The van der Waals surface area contributed by atoms with Gasteiger partial charge in [-0.05, 0) is 26.0 Å². The Morgan fingerprint density at radius 1 is 1.33 bits per heavy atom. The predicted octanol–water partition coefficient (Wildman–Crippen LogP) is 4.35. The molecule has 0 spiro atoms. The van der Waals surface area contributed by atoms with Crippen molar-refractivity contribution in [2.24, 2.45) is 4.99 Å². The van der Waals surface area contributed by atoms with Crippen LogP contribution in [0, 0.1) is 0 Å². The van der Waals surface area contributed by atoms with E-state index in [-0.39, 0.29) is 25.0 Å². The van der Waals surface area contributed by atoms with E-state index in [0.717, 1.165) is 16.8 Å². The molecule has 1 unspecified atom stereocenters. The van der Waals surface area contributed by atoms with E-state index in [1.54, 1.807) is 7.11 Å². The molecule has 0 amide bonds. The number of nitrogens with zero attached hydrogens (tertiary/aromatic N) is 3. The van der Waals surface area contributed by atoms with Crippen LogP contribution in [0.25, 0.3) is 0 Å². The number of ether oxygens (including phenoxy) is 2. The van der Waals surface area contributed by atoms with Crippen LogP contribution in [-0.4, -0.2) is 49.7 Å². The predicted molar refractivity (Wildman–Crippen MR) is 112 cm³/mol. The van der Waals surface area contributed by atoms with Crippen molar-refractivity contribution in [3.8, 4) is 5.75 Å². The van der Waals surface area contributed by atoms with Gasteiger partial charge >= 0.3 is 6.18 Å². The first kappa shape index (κ1) is 23.9. The number of methoxy groups -OCH3 is 1. The van der Waals surface area contributed by atoms with Crippen LogP contribution in [-0.2, 0) is 17.5 Å². The summed E-state index contributed by atoms with van der Waals surface area (Å²) in [5, 5.41) is 6.05. The van der Waals surface area contributed by atoms with Gasteiger partial charge < -0.3 is 19.7 Å². The van der Waals surface area contributed by atoms with Crippen molar-refractivity contribution < 1.29 is 22.6 Å². The molecule has 2 aromatic rings. The second kappa shape index (κ2) is 11.2. The van der Waals surface area contributed by atoms with E-state index in [4.69, 9.17) is 9.47 Å². The van der Waals surface area contributed by atoms with Crippen LogP contribution in [0.2, 0.25) is 0 Å². The third-order valence-electron chi connectivity index (χ3n) is 4.17. The second-order valence-corrected chi connectivity index (χ2v) is 7.38. The number of halogens is 3. The van der Waals surface area contributed by atoms with Crippen molar-refractivity contribution in [1.29, 1.82) is 0 Å². The van der Waals surface area contributed by atoms with Gasteiger partial charge in [-0.15, -0.1) is 11.3 Å². The van der Waals surface area contributed by atoms with Crippen LogP contribution >= 0.6 is 11.3 Å². The summed E-state index contributed by atoms with van der Waals surface area (Å²) >= 11 is 1.54. The molecule has 0 radical (unpaired) electrons. The summed E-state index contributed by atoms with van der Waals surface area (Å²) in [6, 6.07) is 5.16. The number of para-hydroxylation sites is 1. The van der Waals surface area contributed by atoms with Crippen molar-refractivity contribution in [3.05, 3.63) is 45.9 Å². The first-order valence-electron chi connectivity index (χ1n) is 9.51. The molecule has 0 saturated heterocycles. The highest BCUT2D eigenvalue weighted by atomic mass is 32.1. The number of aliphatic imine (C=N–C) groups is 1. The largest absolute Gasteiger partial charge is 0.491 e. The highest BCUT2D eigenvalue weighted by Gasteiger charge is 2.33. The average molecular weight is 445 g/mol. The lowest BCUT2D eigenvalue weighted by Crippen LogP contribution is -2.38. The number of rotatable bonds is 9. The van der Waals surface area contributed by atoms with Crippen LogP contribution in [0.3, 0.4) is 0 Å². The maximum atomic E-state index is 13.0. The minimum atomic E-state index is -4.46. The molecule has 0 aliphatic carbocycles. The number of guanidine groups is 1. The summed E-state index contributed by atoms with van der Waals surface area (Å²) in [6.07, 6.45) is -4.52. The standard InChI is InChI=1S/C20H27F3N4O2S/c1-5-24-19(27(3)12-15-13-30-18(26-15)14(2)28-4)25-10-11-29-17-9-7-6-8-16(17)20(21,22)23/h6-9,13-14H,5,10-12H2,1-4H3,(H,24,25). The zero-order valence-electron chi connectivity index (χ0n) is 17.5. The quantitative estimate of drug-likeness (QED) is 0.354. The van der Waals surface area contributed by atoms with Crippen molar-refractivity contribution >= 4 is 17.3 Å². The molecule has 166 valence electrons. The van der Waals surface area contributed by atoms with Crippen molar-refractivity contribution in [2.75, 3.05) is 33.9 Å². The Labute approximate surface area is 178 Å². The fraction of sp³-hybridized carbons (Fsp3) is 0.500. The van der Waals surface area contributed by atoms with Crippen LogP contribution in [0.4, 0.5) is 13.2 Å². The molecule has 1 N–H and O–H groups in total. The number of nitrogens with one attached hydrogen (secondary N) is 1. The van der Waals surface area contributed by atoms with Crippen LogP contribution in [0.1, 0.15) is 36.2 Å². The molecule has 0 saturated carbocycles. The van der Waals surface area contributed by atoms with E-state index >= 15 is 0 Å². The molecule has 1 aromatic heterocycles. The lowest BCUT2D eigenvalue weighted by Gasteiger charge is -2.21. The molecular formula is C20H27F3N4O2S. The van der Waals surface area contributed by atoms with Gasteiger partial charge in [-0.1, -0.05) is 12.1 Å². The Morgan fingerprint density at radius 2 is 2.07 bits per heavy atom. The third kappa shape index (κ3) is 6.88. The van der Waals surface area contributed by atoms with E-state index in [0.29, 0.717) is 19.0 Å². The van der Waals surface area contributed by atoms with Crippen LogP contribution < -0.4 is 10.1 Å². The fourth-order valence-corrected chi connectivity index (χ4v) is 3.45. The van der Waals surface area contributed by atoms with Crippen LogP contribution in [0.15, 0.2) is 34.6 Å². The average Bonchev–Trinajstić information content (AvgIpc) is 3.17. The summed E-state index contributed by atoms with van der Waals surface area (Å²) < 4.78 is 49.7. The minimum Gasteiger partial charge on any atom is -0.491 e. The Hall–Kier alpha value is -2.33. The highest BCUT2D eigenvalue weighted by Crippen LogP contribution is 2.35. The summed E-state index contributed by atoms with van der Waals surface area (Å²) in [6.45, 7) is 5.32. The SMILES string of the molecule is CCNC(=NCCOc1ccccc1C(F)(F)F)N(C)Cc1csc(C(C)OC)n1. The first-order chi connectivity index (χ1) is 14.3. The van der Waals surface area contributed by atoms with Gasteiger partial charge in [-0.2, -0.15) is 13.2 Å². The molecule has 0 aliphatic heterocycles. The summed E-state index contributed by atoms with van der Waals surface area (Å²) in [7, 11) is 3.52. The van der Waals surface area contributed by atoms with Gasteiger partial charge in [-0.3, -0.25) is 0 Å². The molecule has 0 fully saturated rings. The van der Waals surface area contributed by atoms with Gasteiger partial charge in [-0.25, -0.2) is 9.98 Å². The molecule has 1 atom stereocenters. The smallest absolute Gasteiger partial charge is 0.419 e. The summed E-state index contributed by atoms with van der Waals surface area (Å²) in [4.78, 5) is 10.9. The number of benzene rings is 1. The monoisotopic (exact) mass is 444 g/mol. The van der Waals surface area contributed by atoms with E-state index in [9.17, 15) is 13.2 Å². The van der Waals surface area contributed by atoms with E-state index in [1.165, 1.54) is 29.5 Å². The van der Waals surface area contributed by atoms with E-state index in [2.05, 4.69) is 15.3 Å². The van der Waals surface area contributed by atoms with Gasteiger partial charge in [0.25, 0.3) is 0 Å². The normalized spacial score (nSPS) is 13.2. The number of alkyl halides is 3. The topological polar surface area (TPSA) is 59.0 Å². The molecule has 2 rings (SSSR count). The lowest BCUT2D eigenvalue weighted by atomic mass is 10.2. The van der Waals surface area contributed by atoms with Gasteiger partial charge in [0.05, 0.1) is 24.3 Å². The molecule has 10 heteroatoms. The zero-order valence-corrected chi connectivity index (χ0v) is 18.3. The minimum absolute atomic E-state index is 0.0298. The third-order valence-corrected chi connectivity index (χ3v) is 5.22. The molecule has 1 aromatic carbocycles. The van der Waals surface area contributed by atoms with E-state index < -0.39 is 11.7 Å². The Bertz CT molecular complexity index is 826. The summed E-state index contributed by atoms with van der Waals surface area (Å²) in [5.74, 6) is 0.431. The highest BCUT2D eigenvalue weighted by molar-refractivity contribution is 7.09. The number of aromatic nitrogens is 1. The number of hydrogen-bond acceptors (Lipinski definition) is 5. The van der Waals surface area contributed by atoms with Gasteiger partial charge in [0.2, 0.25) is 0 Å². The number of thiazole rings is 1. The van der Waals surface area contributed by atoms with Gasteiger partial charge in [0, 0.05) is 26.1 Å². The zero-order chi connectivity index (χ0) is 22.1. The molecule has 6 nitrogen and oxygen atoms in total. The second-order valence-electron chi connectivity index (χ2n) is 6.49. The van der Waals surface area contributed by atoms with Gasteiger partial charge in [0.1, 0.15) is 23.5 Å². The van der Waals surface area contributed by atoms with Crippen molar-refractivity contribution in [2.45, 2.75) is 32.7 Å². The maximum Gasteiger partial charge on any atom is 0.419 e. The van der Waals surface area contributed by atoms with Crippen molar-refractivity contribution in [1.82, 2.24) is 15.2 Å². The van der Waals surface area contributed by atoms with E-state index in [1.807, 2.05) is 31.2 Å².